The molecule has 0 radical (unpaired) electrons. The summed E-state index contributed by atoms with van der Waals surface area (Å²) in [6.07, 6.45) is 6.43. The Kier molecular flexibility index (Phi) is 5.64. The van der Waals surface area contributed by atoms with Crippen molar-refractivity contribution in [2.75, 3.05) is 0 Å². The van der Waals surface area contributed by atoms with Crippen molar-refractivity contribution < 1.29 is 0 Å². The van der Waals surface area contributed by atoms with Crippen molar-refractivity contribution in [3.8, 4) is 16.8 Å². The number of aromatic nitrogens is 1. The molecule has 0 atom stereocenters. The van der Waals surface area contributed by atoms with E-state index in [4.69, 9.17) is 0 Å². The first-order valence-electron chi connectivity index (χ1n) is 13.6. The summed E-state index contributed by atoms with van der Waals surface area (Å²) in [7, 11) is 0. The third-order valence-electron chi connectivity index (χ3n) is 7.86. The lowest BCUT2D eigenvalue weighted by molar-refractivity contribution is 1.18. The molecule has 7 rings (SSSR count). The Morgan fingerprint density at radius 2 is 1.00 bits per heavy atom. The van der Waals surface area contributed by atoms with Crippen molar-refractivity contribution in [1.29, 1.82) is 0 Å². The summed E-state index contributed by atoms with van der Waals surface area (Å²) in [5.41, 5.74) is 8.74. The Hall–Kier alpha value is -4.88. The van der Waals surface area contributed by atoms with Gasteiger partial charge < -0.3 is 4.57 Å². The van der Waals surface area contributed by atoms with E-state index in [2.05, 4.69) is 158 Å². The Morgan fingerprint density at radius 1 is 0.538 bits per heavy atom. The zero-order valence-corrected chi connectivity index (χ0v) is 22.2. The highest BCUT2D eigenvalue weighted by Gasteiger charge is 2.17. The first kappa shape index (κ1) is 23.3. The van der Waals surface area contributed by atoms with Crippen LogP contribution in [-0.4, -0.2) is 4.57 Å². The average Bonchev–Trinajstić information content (AvgIpc) is 3.33. The number of hydrogen-bond acceptors (Lipinski definition) is 0. The van der Waals surface area contributed by atoms with Crippen LogP contribution >= 0.6 is 0 Å². The Balaban J connectivity index is 1.47. The third kappa shape index (κ3) is 3.70. The van der Waals surface area contributed by atoms with Gasteiger partial charge in [-0.05, 0) is 81.9 Å². The number of benzene rings is 6. The molecular formula is C38H29N. The van der Waals surface area contributed by atoms with Gasteiger partial charge in [0.05, 0.1) is 11.0 Å². The van der Waals surface area contributed by atoms with E-state index in [-0.39, 0.29) is 0 Å². The van der Waals surface area contributed by atoms with Crippen molar-refractivity contribution in [2.45, 2.75) is 13.8 Å². The van der Waals surface area contributed by atoms with Crippen molar-refractivity contribution in [2.24, 2.45) is 0 Å². The van der Waals surface area contributed by atoms with Crippen LogP contribution in [0.1, 0.15) is 19.4 Å². The second-order valence-corrected chi connectivity index (χ2v) is 10.1. The molecule has 0 unspecified atom stereocenters. The minimum atomic E-state index is 1.17. The van der Waals surface area contributed by atoms with Crippen molar-refractivity contribution in [3.05, 3.63) is 145 Å². The molecular weight excluding hydrogens is 470 g/mol. The molecule has 0 aliphatic heterocycles. The predicted octanol–water partition coefficient (Wildman–Crippen LogP) is 10.7. The van der Waals surface area contributed by atoms with E-state index < -0.39 is 0 Å². The van der Waals surface area contributed by atoms with Crippen molar-refractivity contribution >= 4 is 48.9 Å². The van der Waals surface area contributed by atoms with Crippen molar-refractivity contribution in [1.82, 2.24) is 4.57 Å². The summed E-state index contributed by atoms with van der Waals surface area (Å²) >= 11 is 0. The molecule has 1 heteroatoms. The van der Waals surface area contributed by atoms with E-state index in [1.807, 2.05) is 0 Å². The van der Waals surface area contributed by atoms with Gasteiger partial charge in [-0.15, -0.1) is 0 Å². The van der Waals surface area contributed by atoms with E-state index in [0.29, 0.717) is 0 Å². The second kappa shape index (κ2) is 9.45. The van der Waals surface area contributed by atoms with Gasteiger partial charge in [0.15, 0.2) is 0 Å². The Morgan fingerprint density at radius 3 is 1.51 bits per heavy atom. The molecule has 0 saturated carbocycles. The van der Waals surface area contributed by atoms with E-state index >= 15 is 0 Å². The van der Waals surface area contributed by atoms with Gasteiger partial charge in [-0.25, -0.2) is 0 Å². The highest BCUT2D eigenvalue weighted by molar-refractivity contribution is 6.18. The lowest BCUT2D eigenvalue weighted by Gasteiger charge is -2.18. The Bertz CT molecular complexity index is 1960. The van der Waals surface area contributed by atoms with Gasteiger partial charge in [-0.3, -0.25) is 0 Å². The van der Waals surface area contributed by atoms with Crippen LogP contribution in [0.5, 0.6) is 0 Å². The third-order valence-corrected chi connectivity index (χ3v) is 7.86. The molecule has 0 spiro atoms. The van der Waals surface area contributed by atoms with Crippen molar-refractivity contribution in [3.63, 3.8) is 0 Å². The normalized spacial score (nSPS) is 12.4. The Labute approximate surface area is 229 Å². The number of nitrogens with zero attached hydrogens (tertiary/aromatic N) is 1. The molecule has 6 aromatic carbocycles. The van der Waals surface area contributed by atoms with Gasteiger partial charge in [-0.2, -0.15) is 0 Å². The van der Waals surface area contributed by atoms with Gasteiger partial charge in [0.2, 0.25) is 0 Å². The molecule has 0 amide bonds. The van der Waals surface area contributed by atoms with Crippen LogP contribution in [0.2, 0.25) is 0 Å². The smallest absolute Gasteiger partial charge is 0.0541 e. The summed E-state index contributed by atoms with van der Waals surface area (Å²) in [5, 5.41) is 7.71. The summed E-state index contributed by atoms with van der Waals surface area (Å²) in [6, 6.07) is 44.1. The highest BCUT2D eigenvalue weighted by atomic mass is 15.0. The standard InChI is InChI=1S/C38H29N/c1-3-4-13-26(2)37-31-16-5-7-18-33(31)38(34-19-8-6-17-32(34)37)27-22-24-28(25-23-27)39-35-20-11-9-14-29(35)30-15-10-12-21-36(30)39/h3-25H,1-2H3/b4-3-,26-13+. The van der Waals surface area contributed by atoms with Crippen LogP contribution in [-0.2, 0) is 0 Å². The molecule has 0 aliphatic carbocycles. The van der Waals surface area contributed by atoms with Crippen LogP contribution in [0.3, 0.4) is 0 Å². The lowest BCUT2D eigenvalue weighted by Crippen LogP contribution is -1.95. The van der Waals surface area contributed by atoms with Crippen LogP contribution in [0.25, 0.3) is 65.7 Å². The molecule has 1 aromatic heterocycles. The zero-order valence-electron chi connectivity index (χ0n) is 22.2. The second-order valence-electron chi connectivity index (χ2n) is 10.1. The molecule has 186 valence electrons. The molecule has 39 heavy (non-hydrogen) atoms. The number of allylic oxidation sites excluding steroid dienone is 4. The van der Waals surface area contributed by atoms with Crippen LogP contribution in [0, 0.1) is 0 Å². The first-order valence-corrected chi connectivity index (χ1v) is 13.6. The summed E-state index contributed by atoms with van der Waals surface area (Å²) in [6.45, 7) is 4.28. The number of fused-ring (bicyclic) bond motifs is 5. The highest BCUT2D eigenvalue weighted by Crippen LogP contribution is 2.42. The molecule has 1 nitrogen and oxygen atoms in total. The number of para-hydroxylation sites is 2. The monoisotopic (exact) mass is 499 g/mol. The lowest BCUT2D eigenvalue weighted by atomic mass is 9.86. The topological polar surface area (TPSA) is 4.93 Å². The van der Waals surface area contributed by atoms with Crippen LogP contribution in [0.15, 0.2) is 140 Å². The van der Waals surface area contributed by atoms with E-state index in [0.717, 1.165) is 0 Å². The molecule has 0 bridgehead atoms. The van der Waals surface area contributed by atoms with Crippen LogP contribution < -0.4 is 0 Å². The predicted molar refractivity (Wildman–Crippen MR) is 170 cm³/mol. The summed E-state index contributed by atoms with van der Waals surface area (Å²) < 4.78 is 2.38. The van der Waals surface area contributed by atoms with E-state index in [1.54, 1.807) is 0 Å². The van der Waals surface area contributed by atoms with Gasteiger partial charge in [0.1, 0.15) is 0 Å². The molecule has 7 aromatic rings. The van der Waals surface area contributed by atoms with Gasteiger partial charge in [0, 0.05) is 16.5 Å². The minimum Gasteiger partial charge on any atom is -0.309 e. The maximum absolute atomic E-state index is 2.38. The fraction of sp³-hybridized carbons (Fsp3) is 0.0526. The maximum atomic E-state index is 2.38. The summed E-state index contributed by atoms with van der Waals surface area (Å²) in [5.74, 6) is 0. The first-order chi connectivity index (χ1) is 19.3. The zero-order chi connectivity index (χ0) is 26.3. The van der Waals surface area contributed by atoms with E-state index in [9.17, 15) is 0 Å². The summed E-state index contributed by atoms with van der Waals surface area (Å²) in [4.78, 5) is 0. The van der Waals surface area contributed by atoms with Gasteiger partial charge >= 0.3 is 0 Å². The largest absolute Gasteiger partial charge is 0.309 e. The fourth-order valence-electron chi connectivity index (χ4n) is 6.17. The fourth-order valence-corrected chi connectivity index (χ4v) is 6.17. The molecule has 0 saturated heterocycles. The minimum absolute atomic E-state index is 1.17. The molecule has 1 heterocycles. The van der Waals surface area contributed by atoms with Gasteiger partial charge in [-0.1, -0.05) is 115 Å². The SMILES string of the molecule is C/C=C\C=C(/C)c1c2ccccc2c(-c2ccc(-n3c4ccccc4c4ccccc43)cc2)c2ccccc12. The average molecular weight is 500 g/mol. The molecule has 0 N–H and O–H groups in total. The molecule has 0 fully saturated rings. The maximum Gasteiger partial charge on any atom is 0.0541 e. The van der Waals surface area contributed by atoms with E-state index in [1.165, 1.54) is 71.3 Å². The number of rotatable bonds is 4. The number of hydrogen-bond donors (Lipinski definition) is 0. The quantitative estimate of drug-likeness (QED) is 0.168. The van der Waals surface area contributed by atoms with Gasteiger partial charge in [0.25, 0.3) is 0 Å². The van der Waals surface area contributed by atoms with Crippen LogP contribution in [0.4, 0.5) is 0 Å². The molecule has 0 aliphatic rings.